The topological polar surface area (TPSA) is 46.4 Å². The van der Waals surface area contributed by atoms with E-state index in [0.717, 1.165) is 22.6 Å². The van der Waals surface area contributed by atoms with E-state index in [9.17, 15) is 4.79 Å². The molecule has 0 atom stereocenters. The lowest BCUT2D eigenvalue weighted by molar-refractivity contribution is 0.102. The van der Waals surface area contributed by atoms with Crippen LogP contribution in [-0.4, -0.2) is 15.3 Å². The van der Waals surface area contributed by atoms with E-state index >= 15 is 0 Å². The maximum Gasteiger partial charge on any atom is 0.255 e. The normalized spacial score (nSPS) is 10.8. The van der Waals surface area contributed by atoms with Gasteiger partial charge in [-0.25, -0.2) is 4.98 Å². The Morgan fingerprint density at radius 1 is 1.24 bits per heavy atom. The van der Waals surface area contributed by atoms with Crippen LogP contribution in [0.4, 0.5) is 5.69 Å². The maximum absolute atomic E-state index is 12.3. The molecule has 2 heterocycles. The zero-order valence-corrected chi connectivity index (χ0v) is 12.5. The highest BCUT2D eigenvalue weighted by molar-refractivity contribution is 6.30. The van der Waals surface area contributed by atoms with Crippen LogP contribution in [0.2, 0.25) is 5.02 Å². The van der Waals surface area contributed by atoms with Gasteiger partial charge in [0.2, 0.25) is 0 Å². The van der Waals surface area contributed by atoms with E-state index in [4.69, 9.17) is 11.6 Å². The number of aryl methyl sites for hydroxylation is 2. The largest absolute Gasteiger partial charge is 0.322 e. The first kappa shape index (κ1) is 13.6. The molecule has 0 bridgehead atoms. The first-order chi connectivity index (χ1) is 10.0. The van der Waals surface area contributed by atoms with Gasteiger partial charge in [0.05, 0.1) is 5.69 Å². The van der Waals surface area contributed by atoms with Crippen LogP contribution in [0.15, 0.2) is 42.7 Å². The van der Waals surface area contributed by atoms with E-state index in [-0.39, 0.29) is 5.91 Å². The highest BCUT2D eigenvalue weighted by Crippen LogP contribution is 2.20. The number of amides is 1. The highest BCUT2D eigenvalue weighted by atomic mass is 35.5. The number of hydrogen-bond acceptors (Lipinski definition) is 2. The third-order valence-electron chi connectivity index (χ3n) is 3.28. The summed E-state index contributed by atoms with van der Waals surface area (Å²) >= 11 is 5.91. The molecule has 4 nitrogen and oxygen atoms in total. The molecule has 0 radical (unpaired) electrons. The minimum Gasteiger partial charge on any atom is -0.322 e. The summed E-state index contributed by atoms with van der Waals surface area (Å²) in [6, 6.07) is 8.92. The van der Waals surface area contributed by atoms with E-state index in [2.05, 4.69) is 10.3 Å². The van der Waals surface area contributed by atoms with Crippen LogP contribution < -0.4 is 5.32 Å². The zero-order chi connectivity index (χ0) is 15.0. The molecule has 5 heteroatoms. The molecule has 1 amide bonds. The molecule has 106 valence electrons. The number of nitrogens with zero attached hydrogens (tertiary/aromatic N) is 2. The third kappa shape index (κ3) is 2.76. The Bertz CT molecular complexity index is 839. The maximum atomic E-state index is 12.3. The van der Waals surface area contributed by atoms with Crippen molar-refractivity contribution < 1.29 is 4.79 Å². The van der Waals surface area contributed by atoms with Crippen LogP contribution in [0.5, 0.6) is 0 Å². The number of nitrogens with one attached hydrogen (secondary N) is 1. The monoisotopic (exact) mass is 299 g/mol. The highest BCUT2D eigenvalue weighted by Gasteiger charge is 2.09. The number of carbonyl (C=O) groups excluding carboxylic acids is 1. The molecule has 0 unspecified atom stereocenters. The molecule has 0 spiro atoms. The molecule has 3 aromatic rings. The molecular formula is C16H14ClN3O. The van der Waals surface area contributed by atoms with Gasteiger partial charge in [0.25, 0.3) is 5.91 Å². The van der Waals surface area contributed by atoms with E-state index in [1.165, 1.54) is 0 Å². The second-order valence-corrected chi connectivity index (χ2v) is 5.41. The smallest absolute Gasteiger partial charge is 0.255 e. The Morgan fingerprint density at radius 2 is 2.05 bits per heavy atom. The summed E-state index contributed by atoms with van der Waals surface area (Å²) in [7, 11) is 0. The predicted molar refractivity (Wildman–Crippen MR) is 84.1 cm³/mol. The summed E-state index contributed by atoms with van der Waals surface area (Å²) < 4.78 is 1.89. The van der Waals surface area contributed by atoms with Gasteiger partial charge in [0.15, 0.2) is 0 Å². The number of aromatic nitrogens is 2. The summed E-state index contributed by atoms with van der Waals surface area (Å²) in [5, 5.41) is 3.54. The minimum atomic E-state index is -0.163. The fourth-order valence-corrected chi connectivity index (χ4v) is 2.44. The van der Waals surface area contributed by atoms with Gasteiger partial charge in [0.1, 0.15) is 5.65 Å². The Morgan fingerprint density at radius 3 is 2.81 bits per heavy atom. The Balaban J connectivity index is 1.89. The lowest BCUT2D eigenvalue weighted by Gasteiger charge is -2.09. The second kappa shape index (κ2) is 5.22. The van der Waals surface area contributed by atoms with Gasteiger partial charge in [-0.15, -0.1) is 0 Å². The standard InChI is InChI=1S/C16H14ClN3O/c1-10-7-13(17)3-4-14(10)19-16(21)12-5-6-20-9-11(2)18-15(20)8-12/h3-9H,1-2H3,(H,19,21). The van der Waals surface area contributed by atoms with Crippen LogP contribution in [0.1, 0.15) is 21.6 Å². The molecule has 0 saturated carbocycles. The predicted octanol–water partition coefficient (Wildman–Crippen LogP) is 3.86. The van der Waals surface area contributed by atoms with Crippen LogP contribution in [0.3, 0.4) is 0 Å². The first-order valence-electron chi connectivity index (χ1n) is 6.56. The van der Waals surface area contributed by atoms with E-state index in [0.29, 0.717) is 10.6 Å². The molecule has 0 fully saturated rings. The molecule has 21 heavy (non-hydrogen) atoms. The SMILES string of the molecule is Cc1cn2ccc(C(=O)Nc3ccc(Cl)cc3C)cc2n1. The molecule has 3 rings (SSSR count). The van der Waals surface area contributed by atoms with Crippen molar-refractivity contribution >= 4 is 28.8 Å². The lowest BCUT2D eigenvalue weighted by atomic mass is 10.2. The van der Waals surface area contributed by atoms with Crippen molar-refractivity contribution in [3.8, 4) is 0 Å². The van der Waals surface area contributed by atoms with Crippen molar-refractivity contribution in [3.05, 3.63) is 64.6 Å². The summed E-state index contributed by atoms with van der Waals surface area (Å²) in [6.45, 7) is 3.83. The van der Waals surface area contributed by atoms with Gasteiger partial charge in [-0.05, 0) is 49.7 Å². The Labute approximate surface area is 127 Å². The fraction of sp³-hybridized carbons (Fsp3) is 0.125. The average molecular weight is 300 g/mol. The van der Waals surface area contributed by atoms with Crippen molar-refractivity contribution in [2.24, 2.45) is 0 Å². The number of anilines is 1. The number of rotatable bonds is 2. The van der Waals surface area contributed by atoms with E-state index < -0.39 is 0 Å². The van der Waals surface area contributed by atoms with Crippen LogP contribution in [0, 0.1) is 13.8 Å². The summed E-state index contributed by atoms with van der Waals surface area (Å²) in [5.41, 5.74) is 3.92. The first-order valence-corrected chi connectivity index (χ1v) is 6.93. The minimum absolute atomic E-state index is 0.163. The van der Waals surface area contributed by atoms with Crippen molar-refractivity contribution in [3.63, 3.8) is 0 Å². The number of pyridine rings is 1. The summed E-state index contributed by atoms with van der Waals surface area (Å²) in [5.74, 6) is -0.163. The van der Waals surface area contributed by atoms with Gasteiger partial charge in [-0.1, -0.05) is 11.6 Å². The van der Waals surface area contributed by atoms with Gasteiger partial charge in [-0.2, -0.15) is 0 Å². The van der Waals surface area contributed by atoms with Crippen LogP contribution in [-0.2, 0) is 0 Å². The van der Waals surface area contributed by atoms with Crippen molar-refractivity contribution in [2.75, 3.05) is 5.32 Å². The number of imidazole rings is 1. The van der Waals surface area contributed by atoms with E-state index in [1.807, 2.05) is 36.7 Å². The molecular weight excluding hydrogens is 286 g/mol. The lowest BCUT2D eigenvalue weighted by Crippen LogP contribution is -2.13. The summed E-state index contributed by atoms with van der Waals surface area (Å²) in [6.07, 6.45) is 3.75. The zero-order valence-electron chi connectivity index (χ0n) is 11.7. The molecule has 1 N–H and O–H groups in total. The Hall–Kier alpha value is -2.33. The Kier molecular flexibility index (Phi) is 3.39. The van der Waals surface area contributed by atoms with Crippen molar-refractivity contribution in [1.82, 2.24) is 9.38 Å². The molecule has 0 aliphatic rings. The fourth-order valence-electron chi connectivity index (χ4n) is 2.21. The quantitative estimate of drug-likeness (QED) is 0.781. The van der Waals surface area contributed by atoms with Crippen LogP contribution >= 0.6 is 11.6 Å². The van der Waals surface area contributed by atoms with Gasteiger partial charge in [-0.3, -0.25) is 4.79 Å². The van der Waals surface area contributed by atoms with Crippen molar-refractivity contribution in [1.29, 1.82) is 0 Å². The molecule has 0 aliphatic carbocycles. The van der Waals surface area contributed by atoms with Gasteiger partial charge >= 0.3 is 0 Å². The number of carbonyl (C=O) groups is 1. The number of halogens is 1. The molecule has 0 aliphatic heterocycles. The van der Waals surface area contributed by atoms with Gasteiger partial charge < -0.3 is 9.72 Å². The van der Waals surface area contributed by atoms with Crippen molar-refractivity contribution in [2.45, 2.75) is 13.8 Å². The van der Waals surface area contributed by atoms with Gasteiger partial charge in [0, 0.05) is 28.7 Å². The second-order valence-electron chi connectivity index (χ2n) is 4.98. The number of fused-ring (bicyclic) bond motifs is 1. The average Bonchev–Trinajstić information content (AvgIpc) is 2.80. The molecule has 0 saturated heterocycles. The molecule has 2 aromatic heterocycles. The third-order valence-corrected chi connectivity index (χ3v) is 3.51. The van der Waals surface area contributed by atoms with Crippen LogP contribution in [0.25, 0.3) is 5.65 Å². The molecule has 1 aromatic carbocycles. The summed E-state index contributed by atoms with van der Waals surface area (Å²) in [4.78, 5) is 16.7. The number of benzene rings is 1. The van der Waals surface area contributed by atoms with E-state index in [1.54, 1.807) is 24.3 Å². The number of hydrogen-bond donors (Lipinski definition) is 1.